The molecule has 1 atom stereocenters. The lowest BCUT2D eigenvalue weighted by molar-refractivity contribution is 0.240. The van der Waals surface area contributed by atoms with E-state index in [1.165, 1.54) is 11.1 Å². The predicted octanol–water partition coefficient (Wildman–Crippen LogP) is 3.45. The SMILES string of the molecule is Cc1noc(N(C2CCCN(C)C2)S(=O)(=O)N([O-])C(=O)Nc2c3c(cc4c2CCC4)CCC3)c1C. The molecular weight excluding hydrogens is 470 g/mol. The zero-order valence-corrected chi connectivity index (χ0v) is 21.3. The van der Waals surface area contributed by atoms with Crippen LogP contribution >= 0.6 is 0 Å². The number of hydroxylamine groups is 1. The molecule has 0 bridgehead atoms. The zero-order chi connectivity index (χ0) is 24.9. The average Bonchev–Trinajstić information content (AvgIpc) is 3.55. The smallest absolute Gasteiger partial charge is 0.326 e. The Bertz CT molecular complexity index is 1230. The Morgan fingerprint density at radius 1 is 1.14 bits per heavy atom. The topological polar surface area (TPSA) is 122 Å². The number of aromatic nitrogens is 1. The molecule has 2 aromatic rings. The highest BCUT2D eigenvalue weighted by Gasteiger charge is 2.39. The number of piperidine rings is 1. The number of urea groups is 1. The number of fused-ring (bicyclic) bond motifs is 2. The van der Waals surface area contributed by atoms with Gasteiger partial charge in [0.05, 0.1) is 11.7 Å². The molecule has 35 heavy (non-hydrogen) atoms. The molecule has 1 N–H and O–H groups in total. The van der Waals surface area contributed by atoms with Gasteiger partial charge in [0.15, 0.2) is 0 Å². The van der Waals surface area contributed by atoms with Gasteiger partial charge in [0.1, 0.15) is 0 Å². The fraction of sp³-hybridized carbons (Fsp3) is 0.583. The maximum absolute atomic E-state index is 13.7. The Kier molecular flexibility index (Phi) is 6.27. The molecule has 0 saturated carbocycles. The van der Waals surface area contributed by atoms with E-state index in [1.54, 1.807) is 13.8 Å². The van der Waals surface area contributed by atoms with Gasteiger partial charge in [0.25, 0.3) is 0 Å². The van der Waals surface area contributed by atoms with Crippen LogP contribution in [0.5, 0.6) is 0 Å². The third kappa shape index (κ3) is 4.19. The summed E-state index contributed by atoms with van der Waals surface area (Å²) in [6.45, 7) is 4.64. The fourth-order valence-corrected chi connectivity index (χ4v) is 7.05. The number of likely N-dealkylation sites (N-methyl/N-ethyl adjacent to an activating group) is 1. The number of nitrogens with one attached hydrogen (secondary N) is 1. The Hall–Kier alpha value is -2.63. The molecule has 11 heteroatoms. The van der Waals surface area contributed by atoms with Crippen molar-refractivity contribution < 1.29 is 17.7 Å². The van der Waals surface area contributed by atoms with Gasteiger partial charge in [-0.2, -0.15) is 8.42 Å². The van der Waals surface area contributed by atoms with Crippen molar-refractivity contribution in [2.24, 2.45) is 0 Å². The van der Waals surface area contributed by atoms with Gasteiger partial charge in [0.2, 0.25) is 5.88 Å². The van der Waals surface area contributed by atoms with Gasteiger partial charge in [-0.1, -0.05) is 11.2 Å². The standard InChI is InChI=1S/C24H32N5O5S/c1-15-16(2)26-34-23(15)28(19-9-6-12-27(3)14-19)35(32,33)29(31)24(30)25-22-20-10-4-7-17(20)13-18-8-5-11-21(18)22/h13,19H,4-12,14H2,1-3H3,(H,25,30)/q-1. The van der Waals surface area contributed by atoms with Crippen molar-refractivity contribution in [2.75, 3.05) is 29.8 Å². The van der Waals surface area contributed by atoms with Crippen molar-refractivity contribution in [3.8, 4) is 0 Å². The summed E-state index contributed by atoms with van der Waals surface area (Å²) < 4.78 is 33.3. The lowest BCUT2D eigenvalue weighted by Crippen LogP contribution is -2.54. The molecule has 190 valence electrons. The molecule has 1 fully saturated rings. The molecular formula is C24H32N5O5S-. The van der Waals surface area contributed by atoms with Crippen LogP contribution in [0.4, 0.5) is 16.4 Å². The molecule has 2 heterocycles. The van der Waals surface area contributed by atoms with Crippen molar-refractivity contribution >= 4 is 27.8 Å². The number of hydrogen-bond donors (Lipinski definition) is 1. The Morgan fingerprint density at radius 3 is 2.37 bits per heavy atom. The number of hydrogen-bond acceptors (Lipinski definition) is 7. The largest absolute Gasteiger partial charge is 0.740 e. The maximum Gasteiger partial charge on any atom is 0.326 e. The normalized spacial score (nSPS) is 19.9. The van der Waals surface area contributed by atoms with E-state index in [2.05, 4.69) is 16.5 Å². The summed E-state index contributed by atoms with van der Waals surface area (Å²) in [6, 6.07) is 0.448. The summed E-state index contributed by atoms with van der Waals surface area (Å²) in [5.74, 6) is -0.0158. The molecule has 1 aliphatic heterocycles. The second-order valence-electron chi connectivity index (χ2n) is 9.95. The van der Waals surface area contributed by atoms with Gasteiger partial charge in [-0.05, 0) is 101 Å². The second-order valence-corrected chi connectivity index (χ2v) is 11.6. The Labute approximate surface area is 206 Å². The number of rotatable bonds is 5. The van der Waals surface area contributed by atoms with Crippen LogP contribution < -0.4 is 9.62 Å². The van der Waals surface area contributed by atoms with E-state index in [4.69, 9.17) is 4.52 Å². The van der Waals surface area contributed by atoms with E-state index in [1.807, 2.05) is 11.9 Å². The van der Waals surface area contributed by atoms with Crippen LogP contribution in [0, 0.1) is 19.1 Å². The van der Waals surface area contributed by atoms with Crippen molar-refractivity contribution in [3.05, 3.63) is 44.8 Å². The van der Waals surface area contributed by atoms with E-state index in [9.17, 15) is 18.4 Å². The van der Waals surface area contributed by atoms with Crippen LogP contribution in [0.1, 0.15) is 59.2 Å². The molecule has 1 aromatic heterocycles. The number of anilines is 2. The molecule has 1 aromatic carbocycles. The van der Waals surface area contributed by atoms with Crippen LogP contribution in [0.3, 0.4) is 0 Å². The summed E-state index contributed by atoms with van der Waals surface area (Å²) in [5.41, 5.74) is 6.09. The number of benzene rings is 1. The Balaban J connectivity index is 1.48. The highest BCUT2D eigenvalue weighted by molar-refractivity contribution is 7.91. The van der Waals surface area contributed by atoms with Crippen molar-refractivity contribution in [1.29, 1.82) is 0 Å². The minimum absolute atomic E-state index is 0.0158. The minimum Gasteiger partial charge on any atom is -0.740 e. The molecule has 0 radical (unpaired) electrons. The number of carbonyl (C=O) groups excluding carboxylic acids is 1. The van der Waals surface area contributed by atoms with E-state index in [0.717, 1.165) is 66.9 Å². The molecule has 5 rings (SSSR count). The minimum atomic E-state index is -4.80. The summed E-state index contributed by atoms with van der Waals surface area (Å²) in [7, 11) is -2.90. The molecule has 1 saturated heterocycles. The summed E-state index contributed by atoms with van der Waals surface area (Å²) >= 11 is 0. The van der Waals surface area contributed by atoms with Crippen molar-refractivity contribution in [1.82, 2.24) is 14.5 Å². The first-order chi connectivity index (χ1) is 16.7. The first-order valence-corrected chi connectivity index (χ1v) is 13.7. The average molecular weight is 503 g/mol. The quantitative estimate of drug-likeness (QED) is 0.622. The van der Waals surface area contributed by atoms with Crippen LogP contribution in [0.2, 0.25) is 0 Å². The zero-order valence-electron chi connectivity index (χ0n) is 20.5. The van der Waals surface area contributed by atoms with Gasteiger partial charge in [-0.3, -0.25) is 4.47 Å². The lowest BCUT2D eigenvalue weighted by Gasteiger charge is -2.40. The van der Waals surface area contributed by atoms with Crippen LogP contribution in [0.15, 0.2) is 10.6 Å². The number of amides is 2. The summed E-state index contributed by atoms with van der Waals surface area (Å²) in [4.78, 5) is 15.2. The highest BCUT2D eigenvalue weighted by Crippen LogP contribution is 2.39. The van der Waals surface area contributed by atoms with Gasteiger partial charge in [-0.15, -0.1) is 0 Å². The second kappa shape index (κ2) is 9.11. The molecule has 10 nitrogen and oxygen atoms in total. The first kappa shape index (κ1) is 24.1. The number of carbonyl (C=O) groups is 1. The van der Waals surface area contributed by atoms with E-state index >= 15 is 0 Å². The van der Waals surface area contributed by atoms with Crippen LogP contribution in [0.25, 0.3) is 0 Å². The van der Waals surface area contributed by atoms with Gasteiger partial charge < -0.3 is 19.9 Å². The van der Waals surface area contributed by atoms with Crippen molar-refractivity contribution in [2.45, 2.75) is 71.3 Å². The fourth-order valence-electron chi connectivity index (χ4n) is 5.70. The molecule has 0 spiro atoms. The van der Waals surface area contributed by atoms with E-state index in [-0.39, 0.29) is 5.88 Å². The monoisotopic (exact) mass is 502 g/mol. The Morgan fingerprint density at radius 2 is 1.80 bits per heavy atom. The molecule has 1 unspecified atom stereocenters. The third-order valence-corrected chi connectivity index (χ3v) is 9.14. The molecule has 3 aliphatic rings. The van der Waals surface area contributed by atoms with Crippen LogP contribution in [-0.4, -0.2) is 55.2 Å². The van der Waals surface area contributed by atoms with Gasteiger partial charge >= 0.3 is 16.2 Å². The third-order valence-electron chi connectivity index (χ3n) is 7.59. The number of likely N-dealkylation sites (tertiary alicyclic amines) is 1. The lowest BCUT2D eigenvalue weighted by atomic mass is 9.99. The van der Waals surface area contributed by atoms with Crippen molar-refractivity contribution in [3.63, 3.8) is 0 Å². The van der Waals surface area contributed by atoms with Gasteiger partial charge in [0, 0.05) is 17.8 Å². The first-order valence-electron chi connectivity index (χ1n) is 12.3. The summed E-state index contributed by atoms with van der Waals surface area (Å²) in [5, 5.41) is 19.8. The molecule has 2 amide bonds. The molecule has 2 aliphatic carbocycles. The highest BCUT2D eigenvalue weighted by atomic mass is 32.2. The predicted molar refractivity (Wildman–Crippen MR) is 133 cm³/mol. The summed E-state index contributed by atoms with van der Waals surface area (Å²) in [6.07, 6.45) is 6.73. The van der Waals surface area contributed by atoms with Crippen LogP contribution in [-0.2, 0) is 35.9 Å². The van der Waals surface area contributed by atoms with E-state index < -0.39 is 26.8 Å². The maximum atomic E-state index is 13.7. The van der Waals surface area contributed by atoms with Gasteiger partial charge in [-0.25, -0.2) is 9.10 Å². The number of nitrogens with zero attached hydrogens (tertiary/aromatic N) is 4. The number of aryl methyl sites for hydroxylation is 3. The van der Waals surface area contributed by atoms with E-state index in [0.29, 0.717) is 29.9 Å².